The summed E-state index contributed by atoms with van der Waals surface area (Å²) in [5, 5.41) is 4.21. The Labute approximate surface area is 398 Å². The van der Waals surface area contributed by atoms with Crippen molar-refractivity contribution in [3.8, 4) is 0 Å². The molecular formula is C49H22BF20PS. The van der Waals surface area contributed by atoms with Crippen molar-refractivity contribution >= 4 is 63.8 Å². The number of halogens is 20. The van der Waals surface area contributed by atoms with Crippen LogP contribution in [0, 0.1) is 116 Å². The highest BCUT2D eigenvalue weighted by molar-refractivity contribution is 7.95. The Morgan fingerprint density at radius 2 is 0.458 bits per heavy atom. The third-order valence-electron chi connectivity index (χ3n) is 11.7. The van der Waals surface area contributed by atoms with E-state index in [1.165, 1.54) is 21.5 Å². The van der Waals surface area contributed by atoms with Gasteiger partial charge in [0.1, 0.15) is 75.9 Å². The molecule has 0 heterocycles. The Hall–Kier alpha value is -6.80. The van der Waals surface area contributed by atoms with E-state index in [4.69, 9.17) is 12.6 Å². The van der Waals surface area contributed by atoms with Crippen LogP contribution in [0.15, 0.2) is 120 Å². The van der Waals surface area contributed by atoms with Crippen LogP contribution in [0.25, 0.3) is 0 Å². The molecule has 8 rings (SSSR count). The molecule has 0 aromatic heterocycles. The van der Waals surface area contributed by atoms with E-state index < -0.39 is 152 Å². The lowest BCUT2D eigenvalue weighted by Crippen LogP contribution is -2.81. The maximum Gasteiger partial charge on any atom is 0.200 e. The van der Waals surface area contributed by atoms with Crippen molar-refractivity contribution in [1.29, 1.82) is 0 Å². The van der Waals surface area contributed by atoms with Crippen molar-refractivity contribution in [3.63, 3.8) is 0 Å². The highest BCUT2D eigenvalue weighted by Crippen LogP contribution is 2.58. The van der Waals surface area contributed by atoms with Crippen LogP contribution in [-0.4, -0.2) is 6.15 Å². The first-order chi connectivity index (χ1) is 34.0. The van der Waals surface area contributed by atoms with Crippen LogP contribution >= 0.6 is 19.9 Å². The second-order valence-corrected chi connectivity index (χ2v) is 19.4. The molecule has 0 atom stereocenters. The lowest BCUT2D eigenvalue weighted by molar-refractivity contribution is 0.378. The molecular weight excluding hydrogens is 1040 g/mol. The van der Waals surface area contributed by atoms with E-state index >= 15 is 35.1 Å². The summed E-state index contributed by atoms with van der Waals surface area (Å²) in [6, 6.07) is 41.4. The molecule has 0 nitrogen and oxygen atoms in total. The van der Waals surface area contributed by atoms with Gasteiger partial charge in [0.25, 0.3) is 0 Å². The third kappa shape index (κ3) is 8.34. The van der Waals surface area contributed by atoms with Gasteiger partial charge in [0.2, 0.25) is 0 Å². The molecule has 0 amide bonds. The van der Waals surface area contributed by atoms with Gasteiger partial charge in [-0.3, -0.25) is 0 Å². The van der Waals surface area contributed by atoms with Gasteiger partial charge in [-0.25, -0.2) is 87.8 Å². The number of thiol groups is 1. The van der Waals surface area contributed by atoms with Crippen molar-refractivity contribution in [2.24, 2.45) is 0 Å². The standard InChI is InChI=1S/C25H21PS.C24BF20/c27-25-19-11-10-12-21(25)20-26(22-13-4-1-5-14-22,23-15-6-2-7-16-23)24-17-8-3-9-18-24;26-5-1(6(27)14(35)21(42)13(5)34)25(2-7(28)15(36)22(43)16(37)8(2)29,3-9(30)17(38)23(44)18(39)10(3)31)4-11(32)19(40)24(45)20(41)12(4)33/h1-19H,20H2;/q;-1/p+1. The Morgan fingerprint density at radius 1 is 0.264 bits per heavy atom. The van der Waals surface area contributed by atoms with Gasteiger partial charge in [0.05, 0.1) is 6.16 Å². The van der Waals surface area contributed by atoms with Gasteiger partial charge in [0.15, 0.2) is 69.8 Å². The van der Waals surface area contributed by atoms with Crippen LogP contribution in [0.3, 0.4) is 0 Å². The lowest BCUT2D eigenvalue weighted by Gasteiger charge is -2.44. The lowest BCUT2D eigenvalue weighted by atomic mass is 9.12. The predicted octanol–water partition coefficient (Wildman–Crippen LogP) is 11.3. The first-order valence-electron chi connectivity index (χ1n) is 20.1. The molecule has 0 unspecified atom stereocenters. The number of hydrogen-bond acceptors (Lipinski definition) is 1. The van der Waals surface area contributed by atoms with E-state index in [2.05, 4.69) is 115 Å². The van der Waals surface area contributed by atoms with Crippen molar-refractivity contribution in [2.75, 3.05) is 0 Å². The molecule has 8 aromatic rings. The van der Waals surface area contributed by atoms with Crippen LogP contribution in [0.4, 0.5) is 87.8 Å². The van der Waals surface area contributed by atoms with E-state index in [1.54, 1.807) is 0 Å². The first kappa shape index (κ1) is 53.0. The minimum Gasteiger partial charge on any atom is -0.207 e. The second-order valence-electron chi connectivity index (χ2n) is 15.4. The maximum absolute atomic E-state index is 15.4. The molecule has 0 bridgehead atoms. The molecule has 0 saturated carbocycles. The van der Waals surface area contributed by atoms with Crippen molar-refractivity contribution in [1.82, 2.24) is 0 Å². The summed E-state index contributed by atoms with van der Waals surface area (Å²) in [6.07, 6.45) is -6.25. The Balaban J connectivity index is 0.000000238. The number of rotatable bonds is 9. The Kier molecular flexibility index (Phi) is 15.0. The summed E-state index contributed by atoms with van der Waals surface area (Å²) in [4.78, 5) is 1.06. The van der Waals surface area contributed by atoms with E-state index in [0.717, 1.165) is 11.1 Å². The summed E-state index contributed by atoms with van der Waals surface area (Å²) in [5.41, 5.74) is -13.0. The summed E-state index contributed by atoms with van der Waals surface area (Å²) in [5.74, 6) is -71.4. The van der Waals surface area contributed by atoms with Crippen molar-refractivity contribution < 1.29 is 87.8 Å². The minimum absolute atomic E-state index is 0.963. The minimum atomic E-state index is -7.22. The molecule has 0 aliphatic rings. The molecule has 0 aliphatic heterocycles. The van der Waals surface area contributed by atoms with Gasteiger partial charge >= 0.3 is 0 Å². The monoisotopic (exact) mass is 1060 g/mol. The van der Waals surface area contributed by atoms with Gasteiger partial charge in [0, 0.05) is 10.5 Å². The molecule has 8 aromatic carbocycles. The molecule has 372 valence electrons. The normalized spacial score (nSPS) is 11.7. The fourth-order valence-electron chi connectivity index (χ4n) is 8.54. The van der Waals surface area contributed by atoms with Gasteiger partial charge in [-0.15, -0.1) is 34.5 Å². The second kappa shape index (κ2) is 20.4. The summed E-state index contributed by atoms with van der Waals surface area (Å²) >= 11 is 4.76. The first-order valence-corrected chi connectivity index (χ1v) is 22.5. The molecule has 0 spiro atoms. The zero-order valence-electron chi connectivity index (χ0n) is 35.2. The van der Waals surface area contributed by atoms with E-state index in [0.29, 0.717) is 0 Å². The summed E-state index contributed by atoms with van der Waals surface area (Å²) in [6.45, 7) is 0. The Bertz CT molecular complexity index is 2920. The fourth-order valence-corrected chi connectivity index (χ4v) is 13.2. The van der Waals surface area contributed by atoms with E-state index in [1.807, 2.05) is 0 Å². The number of benzene rings is 8. The van der Waals surface area contributed by atoms with Crippen LogP contribution in [0.5, 0.6) is 0 Å². The van der Waals surface area contributed by atoms with Crippen molar-refractivity contribution in [2.45, 2.75) is 11.1 Å². The van der Waals surface area contributed by atoms with Gasteiger partial charge in [-0.05, 0) is 42.5 Å². The van der Waals surface area contributed by atoms with Crippen LogP contribution in [0.2, 0.25) is 0 Å². The molecule has 0 aliphatic carbocycles. The SMILES string of the molecule is Fc1c(F)c(F)c([B-](c2c(F)c(F)c(F)c(F)c2F)(c2c(F)c(F)c(F)c(F)c2F)c2c(F)c(F)c(F)c(F)c2F)c(F)c1F.Sc1ccccc1C[P+](c1ccccc1)(c1ccccc1)c1ccccc1. The third-order valence-corrected chi connectivity index (χ3v) is 16.5. The van der Waals surface area contributed by atoms with Crippen LogP contribution in [0.1, 0.15) is 5.56 Å². The van der Waals surface area contributed by atoms with Gasteiger partial charge in [-0.1, -0.05) is 72.8 Å². The molecule has 0 saturated heterocycles. The number of hydrogen-bond donors (Lipinski definition) is 1. The highest BCUT2D eigenvalue weighted by atomic mass is 32.1. The van der Waals surface area contributed by atoms with Crippen LogP contribution in [-0.2, 0) is 6.16 Å². The maximum atomic E-state index is 15.4. The molecule has 23 heteroatoms. The molecule has 72 heavy (non-hydrogen) atoms. The Morgan fingerprint density at radius 3 is 0.681 bits per heavy atom. The highest BCUT2D eigenvalue weighted by Gasteiger charge is 2.52. The molecule has 0 fully saturated rings. The largest absolute Gasteiger partial charge is 0.207 e. The van der Waals surface area contributed by atoms with Crippen LogP contribution < -0.4 is 37.8 Å². The summed E-state index contributed by atoms with van der Waals surface area (Å²) in [7, 11) is -1.85. The van der Waals surface area contributed by atoms with Gasteiger partial charge < -0.3 is 0 Å². The predicted molar refractivity (Wildman–Crippen MR) is 232 cm³/mol. The smallest absolute Gasteiger partial charge is 0.200 e. The van der Waals surface area contributed by atoms with E-state index in [-0.39, 0.29) is 0 Å². The zero-order valence-corrected chi connectivity index (χ0v) is 37.0. The van der Waals surface area contributed by atoms with Crippen molar-refractivity contribution in [3.05, 3.63) is 237 Å². The molecule has 0 N–H and O–H groups in total. The summed E-state index contributed by atoms with van der Waals surface area (Å²) < 4.78 is 294. The van der Waals surface area contributed by atoms with E-state index in [9.17, 15) is 52.7 Å². The topological polar surface area (TPSA) is 0 Å². The average Bonchev–Trinajstić information content (AvgIpc) is 3.39. The average molecular weight is 1060 g/mol. The quantitative estimate of drug-likeness (QED) is 0.0365. The molecule has 0 radical (unpaired) electrons. The van der Waals surface area contributed by atoms with Gasteiger partial charge in [-0.2, -0.15) is 0 Å². The fraction of sp³-hybridized carbons (Fsp3) is 0.0204. The zero-order chi connectivity index (χ0) is 52.9.